The Balaban J connectivity index is 1.73. The molecule has 1 fully saturated rings. The molecule has 5 heteroatoms. The van der Waals surface area contributed by atoms with Crippen LogP contribution in [0.4, 0.5) is 5.69 Å². The molecule has 3 aromatic carbocycles. The van der Waals surface area contributed by atoms with Crippen LogP contribution in [0.1, 0.15) is 36.3 Å². The van der Waals surface area contributed by atoms with Crippen molar-refractivity contribution in [3.63, 3.8) is 0 Å². The summed E-state index contributed by atoms with van der Waals surface area (Å²) in [5.74, 6) is -0.0777. The topological polar surface area (TPSA) is 76.0 Å². The lowest BCUT2D eigenvalue weighted by molar-refractivity contribution is -0.385. The van der Waals surface area contributed by atoms with E-state index in [1.807, 2.05) is 36.4 Å². The van der Waals surface area contributed by atoms with Gasteiger partial charge in [0.05, 0.1) is 16.2 Å². The van der Waals surface area contributed by atoms with Crippen molar-refractivity contribution in [2.75, 3.05) is 0 Å². The number of allylic oxidation sites excluding steroid dienone is 1. The number of carbonyl (C=O) groups is 1. The minimum atomic E-state index is -0.393. The van der Waals surface area contributed by atoms with Crippen LogP contribution in [0.3, 0.4) is 0 Å². The van der Waals surface area contributed by atoms with E-state index in [0.29, 0.717) is 17.6 Å². The summed E-state index contributed by atoms with van der Waals surface area (Å²) in [6.07, 6.45) is 3.82. The Morgan fingerprint density at radius 3 is 2.47 bits per heavy atom. The number of nitro groups is 1. The lowest BCUT2D eigenvalue weighted by atomic mass is 9.76. The molecule has 0 amide bonds. The Labute approximate surface area is 185 Å². The number of H-pyrrole nitrogens is 1. The van der Waals surface area contributed by atoms with Crippen LogP contribution in [-0.2, 0) is 4.79 Å². The van der Waals surface area contributed by atoms with E-state index in [2.05, 4.69) is 23.2 Å². The zero-order valence-corrected chi connectivity index (χ0v) is 17.5. The number of Topliss-reactive ketones (excluding diaryl/α,β-unsaturated/α-hetero) is 1. The number of hydrogen-bond acceptors (Lipinski definition) is 3. The normalized spacial score (nSPS) is 17.7. The molecular formula is C27H22N2O3. The van der Waals surface area contributed by atoms with Crippen molar-refractivity contribution in [3.05, 3.63) is 106 Å². The SMILES string of the molecule is O=C1CCC[C@@H](c2c(-c3ccccc3)[nH]c3ccccc23)/C1=C/c1ccccc1[N+](=O)[O-]. The number of hydrogen-bond donors (Lipinski definition) is 1. The summed E-state index contributed by atoms with van der Waals surface area (Å²) in [4.78, 5) is 27.8. The summed E-state index contributed by atoms with van der Waals surface area (Å²) >= 11 is 0. The summed E-state index contributed by atoms with van der Waals surface area (Å²) in [6, 6.07) is 24.8. The third-order valence-corrected chi connectivity index (χ3v) is 6.20. The first kappa shape index (κ1) is 19.9. The van der Waals surface area contributed by atoms with Crippen LogP contribution in [0.25, 0.3) is 28.2 Å². The van der Waals surface area contributed by atoms with Crippen molar-refractivity contribution < 1.29 is 9.72 Å². The molecule has 0 spiro atoms. The lowest BCUT2D eigenvalue weighted by Crippen LogP contribution is -2.18. The molecule has 0 bridgehead atoms. The van der Waals surface area contributed by atoms with Gasteiger partial charge < -0.3 is 4.98 Å². The summed E-state index contributed by atoms with van der Waals surface area (Å²) in [5, 5.41) is 12.6. The Kier molecular flexibility index (Phi) is 5.15. The second kappa shape index (κ2) is 8.27. The Morgan fingerprint density at radius 2 is 1.66 bits per heavy atom. The van der Waals surface area contributed by atoms with Gasteiger partial charge in [0.15, 0.2) is 5.78 Å². The number of fused-ring (bicyclic) bond motifs is 1. The molecule has 4 aromatic rings. The van der Waals surface area contributed by atoms with Gasteiger partial charge in [-0.05, 0) is 42.2 Å². The van der Waals surface area contributed by atoms with E-state index in [0.717, 1.165) is 40.6 Å². The van der Waals surface area contributed by atoms with E-state index >= 15 is 0 Å². The zero-order valence-electron chi connectivity index (χ0n) is 17.5. The van der Waals surface area contributed by atoms with Gasteiger partial charge in [-0.2, -0.15) is 0 Å². The van der Waals surface area contributed by atoms with Gasteiger partial charge in [-0.25, -0.2) is 0 Å². The highest BCUT2D eigenvalue weighted by molar-refractivity contribution is 6.04. The molecule has 5 rings (SSSR count). The number of rotatable bonds is 4. The van der Waals surface area contributed by atoms with Gasteiger partial charge in [-0.15, -0.1) is 0 Å². The van der Waals surface area contributed by atoms with Gasteiger partial charge in [0.25, 0.3) is 5.69 Å². The summed E-state index contributed by atoms with van der Waals surface area (Å²) in [6.45, 7) is 0. The van der Waals surface area contributed by atoms with Gasteiger partial charge in [-0.3, -0.25) is 14.9 Å². The number of para-hydroxylation sites is 2. The third-order valence-electron chi connectivity index (χ3n) is 6.20. The highest BCUT2D eigenvalue weighted by Crippen LogP contribution is 2.44. The number of aromatic amines is 1. The molecule has 1 saturated carbocycles. The lowest BCUT2D eigenvalue weighted by Gasteiger charge is -2.26. The minimum absolute atomic E-state index is 0.0133. The number of nitrogens with zero attached hydrogens (tertiary/aromatic N) is 1. The molecule has 0 unspecified atom stereocenters. The fourth-order valence-corrected chi connectivity index (χ4v) is 4.74. The number of nitro benzene ring substituents is 1. The first-order valence-electron chi connectivity index (χ1n) is 10.8. The first-order chi connectivity index (χ1) is 15.6. The van der Waals surface area contributed by atoms with E-state index in [1.165, 1.54) is 6.07 Å². The van der Waals surface area contributed by atoms with Crippen molar-refractivity contribution in [2.45, 2.75) is 25.2 Å². The number of aromatic nitrogens is 1. The predicted molar refractivity (Wildman–Crippen MR) is 126 cm³/mol. The molecule has 1 N–H and O–H groups in total. The molecule has 1 aliphatic carbocycles. The third kappa shape index (κ3) is 3.52. The summed E-state index contributed by atoms with van der Waals surface area (Å²) in [5.41, 5.74) is 5.29. The largest absolute Gasteiger partial charge is 0.354 e. The molecule has 1 heterocycles. The van der Waals surface area contributed by atoms with Crippen molar-refractivity contribution in [3.8, 4) is 11.3 Å². The minimum Gasteiger partial charge on any atom is -0.354 e. The maximum Gasteiger partial charge on any atom is 0.276 e. The smallest absolute Gasteiger partial charge is 0.276 e. The quantitative estimate of drug-likeness (QED) is 0.227. The summed E-state index contributed by atoms with van der Waals surface area (Å²) in [7, 11) is 0. The van der Waals surface area contributed by atoms with Crippen molar-refractivity contribution in [1.82, 2.24) is 4.98 Å². The molecule has 5 nitrogen and oxygen atoms in total. The average molecular weight is 422 g/mol. The van der Waals surface area contributed by atoms with Crippen LogP contribution in [0, 0.1) is 10.1 Å². The van der Waals surface area contributed by atoms with Crippen LogP contribution in [0.2, 0.25) is 0 Å². The van der Waals surface area contributed by atoms with Crippen LogP contribution in [0.5, 0.6) is 0 Å². The van der Waals surface area contributed by atoms with Gasteiger partial charge in [0.2, 0.25) is 0 Å². The molecule has 0 radical (unpaired) electrons. The van der Waals surface area contributed by atoms with Crippen LogP contribution >= 0.6 is 0 Å². The molecule has 0 aliphatic heterocycles. The van der Waals surface area contributed by atoms with Crippen LogP contribution < -0.4 is 0 Å². The molecule has 1 aliphatic rings. The maximum atomic E-state index is 13.1. The van der Waals surface area contributed by atoms with E-state index < -0.39 is 4.92 Å². The second-order valence-electron chi connectivity index (χ2n) is 8.11. The van der Waals surface area contributed by atoms with Gasteiger partial charge in [0.1, 0.15) is 0 Å². The van der Waals surface area contributed by atoms with Crippen LogP contribution in [-0.4, -0.2) is 15.7 Å². The average Bonchev–Trinajstić information content (AvgIpc) is 3.21. The van der Waals surface area contributed by atoms with E-state index in [1.54, 1.807) is 24.3 Å². The van der Waals surface area contributed by atoms with E-state index in [-0.39, 0.29) is 17.4 Å². The Bertz CT molecular complexity index is 1350. The van der Waals surface area contributed by atoms with Crippen molar-refractivity contribution in [1.29, 1.82) is 0 Å². The van der Waals surface area contributed by atoms with Crippen molar-refractivity contribution >= 4 is 28.4 Å². The number of carbonyl (C=O) groups excluding carboxylic acids is 1. The summed E-state index contributed by atoms with van der Waals surface area (Å²) < 4.78 is 0. The van der Waals surface area contributed by atoms with Gasteiger partial charge in [-0.1, -0.05) is 60.7 Å². The second-order valence-corrected chi connectivity index (χ2v) is 8.11. The fraction of sp³-hybridized carbons (Fsp3) is 0.148. The number of nitrogens with one attached hydrogen (secondary N) is 1. The number of benzene rings is 3. The monoisotopic (exact) mass is 422 g/mol. The molecule has 0 saturated heterocycles. The molecule has 1 aromatic heterocycles. The molecule has 158 valence electrons. The van der Waals surface area contributed by atoms with E-state index in [4.69, 9.17) is 0 Å². The maximum absolute atomic E-state index is 13.1. The molecular weight excluding hydrogens is 400 g/mol. The van der Waals surface area contributed by atoms with Gasteiger partial charge >= 0.3 is 0 Å². The molecule has 1 atom stereocenters. The zero-order chi connectivity index (χ0) is 22.1. The Morgan fingerprint density at radius 1 is 0.938 bits per heavy atom. The van der Waals surface area contributed by atoms with E-state index in [9.17, 15) is 14.9 Å². The van der Waals surface area contributed by atoms with Gasteiger partial charge in [0, 0.05) is 34.9 Å². The highest BCUT2D eigenvalue weighted by atomic mass is 16.6. The standard InChI is InChI=1S/C27H22N2O3/c30-25-16-8-13-20(22(25)17-19-11-4-7-15-24(19)29(31)32)26-21-12-5-6-14-23(21)28-27(26)18-9-2-1-3-10-18/h1-7,9-12,14-15,17,20,28H,8,13,16H2/b22-17-/t20-/m1/s1. The van der Waals surface area contributed by atoms with Crippen molar-refractivity contribution in [2.24, 2.45) is 0 Å². The molecule has 32 heavy (non-hydrogen) atoms. The first-order valence-corrected chi connectivity index (χ1v) is 10.8. The predicted octanol–water partition coefficient (Wildman–Crippen LogP) is 6.66. The number of ketones is 1. The fourth-order valence-electron chi connectivity index (χ4n) is 4.74. The highest BCUT2D eigenvalue weighted by Gasteiger charge is 2.32. The Hall–Kier alpha value is -3.99. The van der Waals surface area contributed by atoms with Crippen LogP contribution in [0.15, 0.2) is 84.4 Å².